The Labute approximate surface area is 194 Å². The van der Waals surface area contributed by atoms with Crippen molar-refractivity contribution in [2.75, 3.05) is 31.5 Å². The van der Waals surface area contributed by atoms with Crippen LogP contribution in [-0.4, -0.2) is 33.1 Å². The first-order chi connectivity index (χ1) is 16.4. The number of para-hydroxylation sites is 1. The van der Waals surface area contributed by atoms with Gasteiger partial charge in [-0.3, -0.25) is 9.59 Å². The summed E-state index contributed by atoms with van der Waals surface area (Å²) in [5, 5.41) is 2.94. The van der Waals surface area contributed by atoms with Crippen molar-refractivity contribution in [2.45, 2.75) is 0 Å². The summed E-state index contributed by atoms with van der Waals surface area (Å²) in [5.41, 5.74) is -0.0578. The van der Waals surface area contributed by atoms with E-state index >= 15 is 0 Å². The van der Waals surface area contributed by atoms with E-state index in [0.29, 0.717) is 33.4 Å². The van der Waals surface area contributed by atoms with E-state index in [-0.39, 0.29) is 11.3 Å². The summed E-state index contributed by atoms with van der Waals surface area (Å²) in [4.78, 5) is 27.6. The quantitative estimate of drug-likeness (QED) is 0.521. The fourth-order valence-corrected chi connectivity index (χ4v) is 3.66. The number of carbonyl (C=O) groups is 2. The molecule has 0 unspecified atom stereocenters. The molecule has 1 N–H and O–H groups in total. The highest BCUT2D eigenvalue weighted by Gasteiger charge is 2.42. The number of rotatable bonds is 7. The van der Waals surface area contributed by atoms with Gasteiger partial charge in [-0.05, 0) is 30.3 Å². The van der Waals surface area contributed by atoms with Crippen LogP contribution < -0.4 is 24.4 Å². The molecular weight excluding hydrogens is 446 g/mol. The van der Waals surface area contributed by atoms with Crippen LogP contribution in [0.1, 0.15) is 5.56 Å². The number of benzene rings is 3. The van der Waals surface area contributed by atoms with Crippen LogP contribution in [-0.2, 0) is 9.59 Å². The monoisotopic (exact) mass is 466 g/mol. The minimum atomic E-state index is -0.925. The molecular formula is C25H20F2N2O5. The molecule has 0 bridgehead atoms. The van der Waals surface area contributed by atoms with E-state index in [2.05, 4.69) is 5.32 Å². The zero-order chi connectivity index (χ0) is 24.4. The van der Waals surface area contributed by atoms with Gasteiger partial charge in [-0.2, -0.15) is 0 Å². The van der Waals surface area contributed by atoms with E-state index < -0.39 is 29.1 Å². The number of imide groups is 1. The van der Waals surface area contributed by atoms with Gasteiger partial charge in [0.2, 0.25) is 0 Å². The van der Waals surface area contributed by atoms with Gasteiger partial charge in [0, 0.05) is 17.7 Å². The van der Waals surface area contributed by atoms with E-state index in [1.807, 2.05) is 0 Å². The molecule has 0 fully saturated rings. The molecule has 0 saturated heterocycles. The van der Waals surface area contributed by atoms with E-state index in [1.54, 1.807) is 42.5 Å². The van der Waals surface area contributed by atoms with Crippen molar-refractivity contribution in [3.05, 3.63) is 83.6 Å². The number of methoxy groups -OCH3 is 3. The first-order valence-corrected chi connectivity index (χ1v) is 10.1. The predicted octanol–water partition coefficient (Wildman–Crippen LogP) is 4.39. The molecule has 0 spiro atoms. The molecule has 0 radical (unpaired) electrons. The third kappa shape index (κ3) is 3.92. The Morgan fingerprint density at radius 2 is 1.53 bits per heavy atom. The van der Waals surface area contributed by atoms with E-state index in [1.165, 1.54) is 21.3 Å². The SMILES string of the molecule is COc1ccc(NC2=C(c3ccccc3OC)C(=O)N(c3cc(F)ccc3F)C2=O)c(OC)c1. The minimum absolute atomic E-state index is 0.0658. The lowest BCUT2D eigenvalue weighted by Gasteiger charge is -2.17. The number of ether oxygens (including phenoxy) is 3. The number of hydrogen-bond acceptors (Lipinski definition) is 6. The van der Waals surface area contributed by atoms with Crippen molar-refractivity contribution in [3.63, 3.8) is 0 Å². The van der Waals surface area contributed by atoms with Crippen molar-refractivity contribution in [1.82, 2.24) is 0 Å². The second kappa shape index (κ2) is 9.22. The molecule has 1 aliphatic rings. The van der Waals surface area contributed by atoms with Crippen molar-refractivity contribution in [3.8, 4) is 17.2 Å². The third-order valence-corrected chi connectivity index (χ3v) is 5.28. The fraction of sp³-hybridized carbons (Fsp3) is 0.120. The normalized spacial score (nSPS) is 13.4. The van der Waals surface area contributed by atoms with E-state index in [9.17, 15) is 18.4 Å². The Morgan fingerprint density at radius 3 is 2.24 bits per heavy atom. The maximum Gasteiger partial charge on any atom is 0.282 e. The molecule has 3 aromatic rings. The van der Waals surface area contributed by atoms with Crippen LogP contribution in [0.3, 0.4) is 0 Å². The zero-order valence-electron chi connectivity index (χ0n) is 18.5. The van der Waals surface area contributed by atoms with E-state index in [4.69, 9.17) is 14.2 Å². The number of halogens is 2. The lowest BCUT2D eigenvalue weighted by atomic mass is 10.0. The van der Waals surface area contributed by atoms with Gasteiger partial charge in [0.15, 0.2) is 0 Å². The number of nitrogens with zero attached hydrogens (tertiary/aromatic N) is 1. The molecule has 34 heavy (non-hydrogen) atoms. The molecule has 9 heteroatoms. The number of anilines is 2. The summed E-state index contributed by atoms with van der Waals surface area (Å²) in [6, 6.07) is 14.0. The molecule has 1 aliphatic heterocycles. The van der Waals surface area contributed by atoms with Gasteiger partial charge in [0.1, 0.15) is 34.6 Å². The van der Waals surface area contributed by atoms with Crippen LogP contribution in [0.5, 0.6) is 17.2 Å². The van der Waals surface area contributed by atoms with Gasteiger partial charge < -0.3 is 19.5 Å². The van der Waals surface area contributed by atoms with Crippen molar-refractivity contribution in [1.29, 1.82) is 0 Å². The molecule has 0 aliphatic carbocycles. The standard InChI is InChI=1S/C25H20F2N2O5/c1-32-15-9-11-18(21(13-15)34-3)28-23-22(16-6-4-5-7-20(16)33-2)24(30)29(25(23)31)19-12-14(26)8-10-17(19)27/h4-13,28H,1-3H3. The average Bonchev–Trinajstić information content (AvgIpc) is 3.09. The number of nitrogens with one attached hydrogen (secondary N) is 1. The minimum Gasteiger partial charge on any atom is -0.497 e. The van der Waals surface area contributed by atoms with Crippen LogP contribution in [0, 0.1) is 11.6 Å². The molecule has 0 aromatic heterocycles. The Balaban J connectivity index is 1.90. The predicted molar refractivity (Wildman–Crippen MR) is 122 cm³/mol. The van der Waals surface area contributed by atoms with Gasteiger partial charge in [0.25, 0.3) is 11.8 Å². The van der Waals surface area contributed by atoms with Crippen LogP contribution in [0.2, 0.25) is 0 Å². The lowest BCUT2D eigenvalue weighted by molar-refractivity contribution is -0.120. The molecule has 0 atom stereocenters. The smallest absolute Gasteiger partial charge is 0.282 e. The van der Waals surface area contributed by atoms with Crippen LogP contribution in [0.15, 0.2) is 66.4 Å². The van der Waals surface area contributed by atoms with E-state index in [0.717, 1.165) is 18.2 Å². The van der Waals surface area contributed by atoms with Gasteiger partial charge in [0.05, 0.1) is 38.3 Å². The van der Waals surface area contributed by atoms with Crippen molar-refractivity contribution in [2.24, 2.45) is 0 Å². The maximum absolute atomic E-state index is 14.6. The molecule has 3 aromatic carbocycles. The molecule has 0 saturated carbocycles. The first-order valence-electron chi connectivity index (χ1n) is 10.1. The summed E-state index contributed by atoms with van der Waals surface area (Å²) in [6.07, 6.45) is 0. The second-order valence-corrected chi connectivity index (χ2v) is 7.18. The lowest BCUT2D eigenvalue weighted by Crippen LogP contribution is -2.33. The maximum atomic E-state index is 14.6. The van der Waals surface area contributed by atoms with Crippen LogP contribution in [0.4, 0.5) is 20.2 Å². The largest absolute Gasteiger partial charge is 0.497 e. The summed E-state index contributed by atoms with van der Waals surface area (Å²) in [6.45, 7) is 0. The molecule has 1 heterocycles. The Morgan fingerprint density at radius 1 is 0.794 bits per heavy atom. The summed E-state index contributed by atoms with van der Waals surface area (Å²) in [5.74, 6) is -2.26. The molecule has 2 amide bonds. The second-order valence-electron chi connectivity index (χ2n) is 7.18. The highest BCUT2D eigenvalue weighted by atomic mass is 19.1. The summed E-state index contributed by atoms with van der Waals surface area (Å²) in [7, 11) is 4.35. The fourth-order valence-electron chi connectivity index (χ4n) is 3.66. The summed E-state index contributed by atoms with van der Waals surface area (Å²) < 4.78 is 44.5. The third-order valence-electron chi connectivity index (χ3n) is 5.28. The Kier molecular flexibility index (Phi) is 6.18. The summed E-state index contributed by atoms with van der Waals surface area (Å²) >= 11 is 0. The average molecular weight is 466 g/mol. The van der Waals surface area contributed by atoms with Gasteiger partial charge in [-0.25, -0.2) is 13.7 Å². The highest BCUT2D eigenvalue weighted by Crippen LogP contribution is 2.39. The molecule has 174 valence electrons. The highest BCUT2D eigenvalue weighted by molar-refractivity contribution is 6.46. The van der Waals surface area contributed by atoms with Crippen LogP contribution in [0.25, 0.3) is 5.57 Å². The first kappa shape index (κ1) is 22.8. The molecule has 7 nitrogen and oxygen atoms in total. The molecule has 4 rings (SSSR count). The van der Waals surface area contributed by atoms with Crippen molar-refractivity contribution < 1.29 is 32.6 Å². The van der Waals surface area contributed by atoms with Gasteiger partial charge >= 0.3 is 0 Å². The van der Waals surface area contributed by atoms with Crippen molar-refractivity contribution >= 4 is 28.8 Å². The number of hydrogen-bond donors (Lipinski definition) is 1. The Hall–Kier alpha value is -4.40. The van der Waals surface area contributed by atoms with Crippen LogP contribution >= 0.6 is 0 Å². The Bertz CT molecular complexity index is 1320. The van der Waals surface area contributed by atoms with Gasteiger partial charge in [-0.15, -0.1) is 0 Å². The number of amides is 2. The zero-order valence-corrected chi connectivity index (χ0v) is 18.5. The topological polar surface area (TPSA) is 77.1 Å². The van der Waals surface area contributed by atoms with Gasteiger partial charge in [-0.1, -0.05) is 18.2 Å². The number of carbonyl (C=O) groups excluding carboxylic acids is 2.